The number of carboxylic acids is 1. The van der Waals surface area contributed by atoms with Gasteiger partial charge in [-0.15, -0.1) is 0 Å². The Balaban J connectivity index is 0.000000259. The van der Waals surface area contributed by atoms with E-state index in [2.05, 4.69) is 29.8 Å². The molecule has 6 rings (SSSR count). The summed E-state index contributed by atoms with van der Waals surface area (Å²) in [6.07, 6.45) is 6.29. The largest absolute Gasteiger partial charge is 1.00 e. The van der Waals surface area contributed by atoms with Gasteiger partial charge in [-0.05, 0) is 6.32 Å². The summed E-state index contributed by atoms with van der Waals surface area (Å²) < 4.78 is 47.1. The number of nitrogens with one attached hydrogen (secondary N) is 1. The molecule has 46 heavy (non-hydrogen) atoms. The Hall–Kier alpha value is -2.81. The van der Waals surface area contributed by atoms with Gasteiger partial charge in [-0.2, -0.15) is 13.2 Å². The van der Waals surface area contributed by atoms with Crippen LogP contribution in [0.5, 0.6) is 0 Å². The number of halogens is 3. The third-order valence-electron chi connectivity index (χ3n) is 7.11. The van der Waals surface area contributed by atoms with Gasteiger partial charge in [0.15, 0.2) is 0 Å². The Labute approximate surface area is 306 Å². The predicted octanol–water partition coefficient (Wildman–Crippen LogP) is -6.11. The molecule has 0 saturated carbocycles. The topological polar surface area (TPSA) is 200 Å². The molecule has 15 nitrogen and oxygen atoms in total. The SMILES string of the molecule is O=C([O-])C(F)(F)F.[CH2-]N1C(=O)N2C[C@H]1C=C(c1ncco1)[C@H]2C[B]OC=N.[CH2-]N1C(=O)N2C[C@H]1C=C(c1ncco1)[C@H]2C[NH3+].[Na+].[Na+]. The number of carbonyl (C=O) groups is 3. The van der Waals surface area contributed by atoms with Gasteiger partial charge < -0.3 is 48.7 Å². The van der Waals surface area contributed by atoms with E-state index in [0.717, 1.165) is 17.5 Å². The van der Waals surface area contributed by atoms with Crippen LogP contribution in [-0.2, 0) is 9.45 Å². The number of nitrogens with zero attached hydrogens (tertiary/aromatic N) is 6. The fourth-order valence-corrected chi connectivity index (χ4v) is 5.07. The molecule has 0 spiro atoms. The fourth-order valence-electron chi connectivity index (χ4n) is 5.07. The predicted molar refractivity (Wildman–Crippen MR) is 142 cm³/mol. The van der Waals surface area contributed by atoms with Crippen LogP contribution in [0.15, 0.2) is 45.9 Å². The number of carbonyl (C=O) groups excluding carboxylic acids is 3. The molecule has 2 aromatic heterocycles. The summed E-state index contributed by atoms with van der Waals surface area (Å²) >= 11 is 0. The zero-order valence-corrected chi connectivity index (χ0v) is 29.1. The van der Waals surface area contributed by atoms with Crippen molar-refractivity contribution in [3.63, 3.8) is 0 Å². The van der Waals surface area contributed by atoms with E-state index in [1.54, 1.807) is 22.2 Å². The first-order chi connectivity index (χ1) is 20.9. The Morgan fingerprint density at radius 3 is 1.83 bits per heavy atom. The van der Waals surface area contributed by atoms with Gasteiger partial charge in [0, 0.05) is 36.3 Å². The van der Waals surface area contributed by atoms with E-state index in [4.69, 9.17) is 28.8 Å². The Morgan fingerprint density at radius 1 is 1.02 bits per heavy atom. The molecular formula is C25H27BF3N8Na2O7. The fraction of sp³-hybridized carbons (Fsp3) is 0.360. The van der Waals surface area contributed by atoms with Crippen LogP contribution in [0.4, 0.5) is 22.8 Å². The van der Waals surface area contributed by atoms with E-state index in [0.29, 0.717) is 37.7 Å². The van der Waals surface area contributed by atoms with Crippen LogP contribution < -0.4 is 70.0 Å². The van der Waals surface area contributed by atoms with Gasteiger partial charge in [0.25, 0.3) is 12.1 Å². The maximum absolute atomic E-state index is 12.2. The number of fused-ring (bicyclic) bond motifs is 4. The van der Waals surface area contributed by atoms with Gasteiger partial charge in [-0.3, -0.25) is 29.1 Å². The molecule has 0 unspecified atom stereocenters. The minimum absolute atomic E-state index is 0. The van der Waals surface area contributed by atoms with Gasteiger partial charge in [-0.25, -0.2) is 9.97 Å². The number of aromatic nitrogens is 2. The summed E-state index contributed by atoms with van der Waals surface area (Å²) in [6.45, 7) is 1.86. The first kappa shape index (κ1) is 39.4. The molecule has 0 aliphatic carbocycles. The first-order valence-electron chi connectivity index (χ1n) is 13.0. The molecule has 6 heterocycles. The van der Waals surface area contributed by atoms with Gasteiger partial charge in [0.05, 0.1) is 25.0 Å². The summed E-state index contributed by atoms with van der Waals surface area (Å²) in [5.41, 5.74) is 5.68. The van der Waals surface area contributed by atoms with Crippen LogP contribution in [0.25, 0.3) is 11.1 Å². The average molecular weight is 665 g/mol. The van der Waals surface area contributed by atoms with Crippen molar-refractivity contribution in [2.75, 3.05) is 19.6 Å². The Bertz CT molecular complexity index is 1410. The van der Waals surface area contributed by atoms with Crippen molar-refractivity contribution in [3.05, 3.63) is 62.9 Å². The van der Waals surface area contributed by atoms with Crippen LogP contribution in [0, 0.1) is 19.5 Å². The molecule has 1 radical (unpaired) electrons. The number of urea groups is 2. The summed E-state index contributed by atoms with van der Waals surface area (Å²) in [6, 6.07) is -0.521. The molecule has 0 aromatic carbocycles. The number of rotatable bonds is 7. The van der Waals surface area contributed by atoms with Crippen molar-refractivity contribution in [1.82, 2.24) is 29.6 Å². The molecule has 4 bridgehead atoms. The van der Waals surface area contributed by atoms with E-state index in [9.17, 15) is 22.8 Å². The minimum Gasteiger partial charge on any atom is -0.556 e. The number of amides is 4. The van der Waals surface area contributed by atoms with Crippen molar-refractivity contribution in [2.24, 2.45) is 0 Å². The first-order valence-corrected chi connectivity index (χ1v) is 13.0. The minimum atomic E-state index is -5.19. The second-order valence-corrected chi connectivity index (χ2v) is 9.62. The van der Waals surface area contributed by atoms with E-state index in [-0.39, 0.29) is 95.3 Å². The van der Waals surface area contributed by atoms with Gasteiger partial charge in [0.2, 0.25) is 11.8 Å². The average Bonchev–Trinajstić information content (AvgIpc) is 3.80. The third-order valence-corrected chi connectivity index (χ3v) is 7.11. The third kappa shape index (κ3) is 8.56. The molecular weight excluding hydrogens is 638 g/mol. The standard InChI is InChI=1S/C12H13BN4O3.C11H13N4O2.C2HF3O2.2Na/c1-16-8-4-9(11-15-2-3-19-11)10(5-13-20-7-14)17(6-8)12(16)18;1-14-7-4-8(10-13-2-3-17-10)9(5-12)15(6-7)11(14)16;3-2(4,5)1(6)7;;/h2-4,7-8,10,14H,1,5-6H2;2-4,7,9H,1,5-6,12H2;(H,6,7);;/q2*-1;;2*+1/t8-,10-;7-,9-;;;/m11.../s1. The van der Waals surface area contributed by atoms with Gasteiger partial charge >= 0.3 is 72.8 Å². The number of hydrogen-bond acceptors (Lipinski definition) is 10. The molecule has 4 N–H and O–H groups in total. The van der Waals surface area contributed by atoms with Crippen LogP contribution in [0.3, 0.4) is 0 Å². The molecule has 4 aliphatic heterocycles. The molecule has 2 saturated heterocycles. The number of quaternary nitrogens is 1. The normalized spacial score (nSPS) is 22.7. The van der Waals surface area contributed by atoms with Crippen molar-refractivity contribution >= 4 is 43.1 Å². The molecule has 2 aromatic rings. The van der Waals surface area contributed by atoms with Crippen LogP contribution in [0.2, 0.25) is 6.32 Å². The van der Waals surface area contributed by atoms with Crippen molar-refractivity contribution in [1.29, 1.82) is 5.41 Å². The quantitative estimate of drug-likeness (QED) is 0.0950. The molecule has 235 valence electrons. The Morgan fingerprint density at radius 2 is 1.46 bits per heavy atom. The zero-order valence-electron chi connectivity index (χ0n) is 25.1. The van der Waals surface area contributed by atoms with E-state index in [1.165, 1.54) is 29.8 Å². The van der Waals surface area contributed by atoms with E-state index in [1.807, 2.05) is 12.2 Å². The number of alkyl halides is 3. The summed E-state index contributed by atoms with van der Waals surface area (Å²) in [7, 11) is 9.04. The molecule has 21 heteroatoms. The monoisotopic (exact) mass is 665 g/mol. The van der Waals surface area contributed by atoms with Gasteiger partial charge in [0.1, 0.15) is 30.9 Å². The van der Waals surface area contributed by atoms with Gasteiger partial charge in [-0.1, -0.05) is 12.2 Å². The number of aliphatic carboxylic acids is 1. The van der Waals surface area contributed by atoms with Crippen molar-refractivity contribution in [3.8, 4) is 0 Å². The summed E-state index contributed by atoms with van der Waals surface area (Å²) in [5.74, 6) is -1.94. The number of hydrogen-bond donors (Lipinski definition) is 2. The van der Waals surface area contributed by atoms with E-state index < -0.39 is 12.1 Å². The molecule has 2 fully saturated rings. The van der Waals surface area contributed by atoms with Crippen molar-refractivity contribution in [2.45, 2.75) is 36.7 Å². The van der Waals surface area contributed by atoms with E-state index >= 15 is 0 Å². The molecule has 4 aliphatic rings. The van der Waals surface area contributed by atoms with Crippen LogP contribution >= 0.6 is 0 Å². The zero-order chi connectivity index (χ0) is 32.2. The number of carboxylic acid groups (broad SMARTS) is 1. The number of oxazole rings is 2. The molecule has 4 atom stereocenters. The van der Waals surface area contributed by atoms with Crippen LogP contribution in [-0.4, -0.2) is 111 Å². The second kappa shape index (κ2) is 16.8. The summed E-state index contributed by atoms with van der Waals surface area (Å²) in [4.78, 5) is 47.6. The Kier molecular flexibility index (Phi) is 14.4. The second-order valence-electron chi connectivity index (χ2n) is 9.62. The molecule has 4 amide bonds. The maximum Gasteiger partial charge on any atom is 1.00 e. The maximum atomic E-state index is 12.2. The summed E-state index contributed by atoms with van der Waals surface area (Å²) in [5, 5.41) is 15.6. The van der Waals surface area contributed by atoms with Crippen LogP contribution in [0.1, 0.15) is 11.8 Å². The smallest absolute Gasteiger partial charge is 0.556 e. The van der Waals surface area contributed by atoms with Crippen molar-refractivity contribution < 1.29 is 111 Å².